The number of hydrogen-bond donors (Lipinski definition) is 0. The van der Waals surface area contributed by atoms with E-state index >= 15 is 0 Å². The second kappa shape index (κ2) is 7.98. The van der Waals surface area contributed by atoms with Gasteiger partial charge in [0, 0.05) is 45.4 Å². The molecule has 0 aliphatic carbocycles. The van der Waals surface area contributed by atoms with Crippen LogP contribution in [0, 0.1) is 17.0 Å². The van der Waals surface area contributed by atoms with Gasteiger partial charge in [0.2, 0.25) is 5.89 Å². The van der Waals surface area contributed by atoms with Crippen LogP contribution in [-0.4, -0.2) is 53.3 Å². The lowest BCUT2D eigenvalue weighted by atomic mass is 10.1. The topological polar surface area (TPSA) is 97.8 Å². The lowest BCUT2D eigenvalue weighted by Gasteiger charge is -2.36. The molecule has 0 radical (unpaired) electrons. The number of halogens is 1. The van der Waals surface area contributed by atoms with Gasteiger partial charge in [-0.15, -0.1) is 0 Å². The molecule has 0 amide bonds. The van der Waals surface area contributed by atoms with E-state index in [1.165, 1.54) is 6.07 Å². The molecule has 2 aromatic rings. The monoisotopic (exact) mass is 381 g/mol. The molecular formula is C16H20ClN5O4. The number of hydrogen-bond acceptors (Lipinski definition) is 8. The van der Waals surface area contributed by atoms with E-state index in [4.69, 9.17) is 20.9 Å². The number of methoxy groups -OCH3 is 1. The van der Waals surface area contributed by atoms with Crippen LogP contribution in [0.3, 0.4) is 0 Å². The summed E-state index contributed by atoms with van der Waals surface area (Å²) in [7, 11) is 1.58. The van der Waals surface area contributed by atoms with Crippen LogP contribution in [-0.2, 0) is 17.9 Å². The first-order valence-electron chi connectivity index (χ1n) is 8.20. The van der Waals surface area contributed by atoms with Gasteiger partial charge in [-0.2, -0.15) is 4.98 Å². The minimum absolute atomic E-state index is 0.0122. The SMILES string of the molecule is COCc1noc(CN2CCN(c3c(C)cc([N+](=O)[O-])cc3Cl)CC2)n1. The number of aromatic nitrogens is 2. The minimum Gasteiger partial charge on any atom is -0.377 e. The van der Waals surface area contributed by atoms with Crippen LogP contribution in [0.15, 0.2) is 16.7 Å². The normalized spacial score (nSPS) is 15.4. The van der Waals surface area contributed by atoms with Gasteiger partial charge in [-0.25, -0.2) is 0 Å². The highest BCUT2D eigenvalue weighted by molar-refractivity contribution is 6.33. The minimum atomic E-state index is -0.428. The third-order valence-electron chi connectivity index (χ3n) is 4.28. The van der Waals surface area contributed by atoms with E-state index in [9.17, 15) is 10.1 Å². The highest BCUT2D eigenvalue weighted by Gasteiger charge is 2.23. The van der Waals surface area contributed by atoms with Crippen molar-refractivity contribution >= 4 is 23.0 Å². The predicted molar refractivity (Wildman–Crippen MR) is 95.3 cm³/mol. The number of non-ortho nitro benzene ring substituents is 1. The predicted octanol–water partition coefficient (Wildman–Crippen LogP) is 2.41. The fourth-order valence-corrected chi connectivity index (χ4v) is 3.47. The molecule has 0 bridgehead atoms. The Morgan fingerprint density at radius 2 is 2.08 bits per heavy atom. The summed E-state index contributed by atoms with van der Waals surface area (Å²) < 4.78 is 10.2. The summed E-state index contributed by atoms with van der Waals surface area (Å²) in [4.78, 5) is 19.2. The number of ether oxygens (including phenoxy) is 1. The van der Waals surface area contributed by atoms with E-state index in [0.29, 0.717) is 29.9 Å². The molecule has 9 nitrogen and oxygen atoms in total. The van der Waals surface area contributed by atoms with E-state index in [-0.39, 0.29) is 5.69 Å². The average molecular weight is 382 g/mol. The van der Waals surface area contributed by atoms with Crippen molar-refractivity contribution in [3.05, 3.63) is 44.5 Å². The summed E-state index contributed by atoms with van der Waals surface area (Å²) in [5, 5.41) is 15.2. The molecule has 0 N–H and O–H groups in total. The molecule has 140 valence electrons. The Bertz CT molecular complexity index is 766. The van der Waals surface area contributed by atoms with E-state index in [1.54, 1.807) is 13.2 Å². The lowest BCUT2D eigenvalue weighted by Crippen LogP contribution is -2.46. The second-order valence-electron chi connectivity index (χ2n) is 6.15. The molecule has 2 heterocycles. The van der Waals surface area contributed by atoms with Crippen LogP contribution in [0.4, 0.5) is 11.4 Å². The van der Waals surface area contributed by atoms with Gasteiger partial charge in [-0.3, -0.25) is 15.0 Å². The maximum atomic E-state index is 11.0. The molecule has 1 aliphatic rings. The van der Waals surface area contributed by atoms with Crippen molar-refractivity contribution in [1.82, 2.24) is 15.0 Å². The first-order chi connectivity index (χ1) is 12.5. The highest BCUT2D eigenvalue weighted by atomic mass is 35.5. The van der Waals surface area contributed by atoms with Crippen LogP contribution in [0.5, 0.6) is 0 Å². The van der Waals surface area contributed by atoms with Gasteiger partial charge in [0.15, 0.2) is 5.82 Å². The van der Waals surface area contributed by atoms with Crippen molar-refractivity contribution in [2.45, 2.75) is 20.1 Å². The fourth-order valence-electron chi connectivity index (χ4n) is 3.09. The van der Waals surface area contributed by atoms with E-state index in [0.717, 1.165) is 37.4 Å². The van der Waals surface area contributed by atoms with Gasteiger partial charge in [-0.1, -0.05) is 16.8 Å². The zero-order chi connectivity index (χ0) is 18.7. The van der Waals surface area contributed by atoms with Crippen LogP contribution < -0.4 is 4.90 Å². The first kappa shape index (κ1) is 18.6. The van der Waals surface area contributed by atoms with Crippen molar-refractivity contribution in [2.75, 3.05) is 38.2 Å². The van der Waals surface area contributed by atoms with Gasteiger partial charge in [0.1, 0.15) is 6.61 Å². The Hall–Kier alpha value is -2.23. The standard InChI is InChI=1S/C16H20ClN5O4/c1-11-7-12(22(23)24)8-13(17)16(11)21-5-3-20(4-6-21)9-15-18-14(10-25-2)19-26-15/h7-8H,3-6,9-10H2,1-2H3. The summed E-state index contributed by atoms with van der Waals surface area (Å²) >= 11 is 6.31. The third-order valence-corrected chi connectivity index (χ3v) is 4.57. The van der Waals surface area contributed by atoms with Crippen molar-refractivity contribution < 1.29 is 14.2 Å². The summed E-state index contributed by atoms with van der Waals surface area (Å²) in [5.41, 5.74) is 1.67. The Kier molecular flexibility index (Phi) is 5.70. The number of piperazine rings is 1. The quantitative estimate of drug-likeness (QED) is 0.555. The summed E-state index contributed by atoms with van der Waals surface area (Å²) in [6.45, 7) is 5.88. The number of nitro groups is 1. The van der Waals surface area contributed by atoms with Gasteiger partial charge in [0.25, 0.3) is 5.69 Å². The summed E-state index contributed by atoms with van der Waals surface area (Å²) in [6, 6.07) is 2.97. The molecule has 0 unspecified atom stereocenters. The van der Waals surface area contributed by atoms with Crippen LogP contribution in [0.25, 0.3) is 0 Å². The largest absolute Gasteiger partial charge is 0.377 e. The molecule has 1 aromatic heterocycles. The van der Waals surface area contributed by atoms with E-state index in [1.807, 2.05) is 6.92 Å². The van der Waals surface area contributed by atoms with Crippen molar-refractivity contribution in [3.63, 3.8) is 0 Å². The smallest absolute Gasteiger partial charge is 0.271 e. The Labute approximate surface area is 155 Å². The average Bonchev–Trinajstić information content (AvgIpc) is 3.03. The van der Waals surface area contributed by atoms with Gasteiger partial charge < -0.3 is 14.2 Å². The Morgan fingerprint density at radius 1 is 1.35 bits per heavy atom. The Balaban J connectivity index is 1.62. The molecule has 1 saturated heterocycles. The molecule has 1 aliphatic heterocycles. The van der Waals surface area contributed by atoms with E-state index in [2.05, 4.69) is 19.9 Å². The molecule has 0 saturated carbocycles. The molecule has 0 atom stereocenters. The van der Waals surface area contributed by atoms with Crippen LogP contribution in [0.2, 0.25) is 5.02 Å². The lowest BCUT2D eigenvalue weighted by molar-refractivity contribution is -0.384. The molecule has 1 fully saturated rings. The summed E-state index contributed by atoms with van der Waals surface area (Å²) in [6.07, 6.45) is 0. The molecule has 10 heteroatoms. The second-order valence-corrected chi connectivity index (χ2v) is 6.56. The van der Waals surface area contributed by atoms with E-state index < -0.39 is 4.92 Å². The number of nitrogens with zero attached hydrogens (tertiary/aromatic N) is 5. The zero-order valence-corrected chi connectivity index (χ0v) is 15.4. The van der Waals surface area contributed by atoms with Crippen molar-refractivity contribution in [2.24, 2.45) is 0 Å². The molecule has 0 spiro atoms. The van der Waals surface area contributed by atoms with Crippen molar-refractivity contribution in [3.8, 4) is 0 Å². The molecule has 1 aromatic carbocycles. The van der Waals surface area contributed by atoms with Gasteiger partial charge in [-0.05, 0) is 12.5 Å². The number of rotatable bonds is 6. The number of nitro benzene ring substituents is 1. The third kappa shape index (κ3) is 4.12. The molecule has 26 heavy (non-hydrogen) atoms. The molecular weight excluding hydrogens is 362 g/mol. The zero-order valence-electron chi connectivity index (χ0n) is 14.6. The van der Waals surface area contributed by atoms with Gasteiger partial charge >= 0.3 is 0 Å². The highest BCUT2D eigenvalue weighted by Crippen LogP contribution is 2.34. The number of benzene rings is 1. The number of anilines is 1. The maximum Gasteiger partial charge on any atom is 0.271 e. The Morgan fingerprint density at radius 3 is 2.69 bits per heavy atom. The fraction of sp³-hybridized carbons (Fsp3) is 0.500. The number of aryl methyl sites for hydroxylation is 1. The maximum absolute atomic E-state index is 11.0. The van der Waals surface area contributed by atoms with Gasteiger partial charge in [0.05, 0.1) is 22.2 Å². The van der Waals surface area contributed by atoms with Crippen molar-refractivity contribution in [1.29, 1.82) is 0 Å². The van der Waals surface area contributed by atoms with Crippen LogP contribution >= 0.6 is 11.6 Å². The summed E-state index contributed by atoms with van der Waals surface area (Å²) in [5.74, 6) is 1.10. The van der Waals surface area contributed by atoms with Crippen LogP contribution in [0.1, 0.15) is 17.3 Å². The molecule has 3 rings (SSSR count). The first-order valence-corrected chi connectivity index (χ1v) is 8.58.